The lowest BCUT2D eigenvalue weighted by Gasteiger charge is -2.34. The molecule has 2 rings (SSSR count). The van der Waals surface area contributed by atoms with E-state index in [0.29, 0.717) is 18.3 Å². The van der Waals surface area contributed by atoms with Crippen molar-refractivity contribution in [1.29, 1.82) is 0 Å². The number of aldehydes is 1. The van der Waals surface area contributed by atoms with E-state index in [1.807, 2.05) is 0 Å². The van der Waals surface area contributed by atoms with Crippen LogP contribution in [0.1, 0.15) is 53.0 Å². The van der Waals surface area contributed by atoms with Gasteiger partial charge in [-0.25, -0.2) is 0 Å². The largest absolute Gasteiger partial charge is 0.508 e. The topological polar surface area (TPSA) is 229 Å². The fourth-order valence-electron chi connectivity index (χ4n) is 4.91. The Bertz CT molecular complexity index is 1250. The average molecular weight is 633 g/mol. The van der Waals surface area contributed by atoms with Gasteiger partial charge in [0, 0.05) is 19.9 Å². The molecule has 0 aliphatic carbocycles. The highest BCUT2D eigenvalue weighted by Gasteiger charge is 2.43. The molecule has 1 aliphatic heterocycles. The summed E-state index contributed by atoms with van der Waals surface area (Å²) in [5.74, 6) is -4.52. The van der Waals surface area contributed by atoms with E-state index in [-0.39, 0.29) is 31.1 Å². The second-order valence-corrected chi connectivity index (χ2v) is 11.5. The predicted molar refractivity (Wildman–Crippen MR) is 161 cm³/mol. The summed E-state index contributed by atoms with van der Waals surface area (Å²) in [6.45, 7) is 6.85. The lowest BCUT2D eigenvalue weighted by Crippen LogP contribution is -2.59. The van der Waals surface area contributed by atoms with Gasteiger partial charge in [0.25, 0.3) is 5.91 Å². The van der Waals surface area contributed by atoms with E-state index < -0.39 is 78.3 Å². The van der Waals surface area contributed by atoms with E-state index in [1.54, 1.807) is 26.0 Å². The molecular weight excluding hydrogens is 588 g/mol. The second kappa shape index (κ2) is 16.6. The number of aliphatic hydroxyl groups is 1. The summed E-state index contributed by atoms with van der Waals surface area (Å²) < 4.78 is 0. The summed E-state index contributed by atoms with van der Waals surface area (Å²) in [7, 11) is 0. The van der Waals surface area contributed by atoms with E-state index >= 15 is 0 Å². The van der Waals surface area contributed by atoms with Crippen LogP contribution in [-0.4, -0.2) is 111 Å². The Kier molecular flexibility index (Phi) is 13.6. The van der Waals surface area contributed by atoms with Crippen LogP contribution in [-0.2, 0) is 40.0 Å². The summed E-state index contributed by atoms with van der Waals surface area (Å²) in [5, 5.41) is 26.1. The molecule has 0 saturated carbocycles. The first-order chi connectivity index (χ1) is 21.1. The van der Waals surface area contributed by atoms with Gasteiger partial charge in [-0.15, -0.1) is 0 Å². The van der Waals surface area contributed by atoms with Crippen LogP contribution >= 0.6 is 0 Å². The highest BCUT2D eigenvalue weighted by molar-refractivity contribution is 6.02. The van der Waals surface area contributed by atoms with Gasteiger partial charge >= 0.3 is 0 Å². The maximum Gasteiger partial charge on any atom is 0.252 e. The molecule has 1 aromatic carbocycles. The highest BCUT2D eigenvalue weighted by Crippen LogP contribution is 2.24. The zero-order valence-corrected chi connectivity index (χ0v) is 26.2. The number of benzene rings is 1. The van der Waals surface area contributed by atoms with Crippen molar-refractivity contribution in [2.75, 3.05) is 13.2 Å². The van der Waals surface area contributed by atoms with Crippen LogP contribution in [0.25, 0.3) is 0 Å². The third-order valence-corrected chi connectivity index (χ3v) is 7.55. The zero-order valence-electron chi connectivity index (χ0n) is 26.2. The van der Waals surface area contributed by atoms with Crippen LogP contribution in [0.5, 0.6) is 5.75 Å². The Balaban J connectivity index is 2.29. The van der Waals surface area contributed by atoms with Gasteiger partial charge in [-0.05, 0) is 50.3 Å². The monoisotopic (exact) mass is 632 g/mol. The van der Waals surface area contributed by atoms with Crippen LogP contribution in [0.3, 0.4) is 0 Å². The summed E-state index contributed by atoms with van der Waals surface area (Å²) in [5.41, 5.74) is 6.03. The van der Waals surface area contributed by atoms with Crippen molar-refractivity contribution in [3.05, 3.63) is 29.8 Å². The van der Waals surface area contributed by atoms with E-state index in [1.165, 1.54) is 37.8 Å². The van der Waals surface area contributed by atoms with Crippen molar-refractivity contribution in [3.63, 3.8) is 0 Å². The fraction of sp³-hybridized carbons (Fsp3) is 0.567. The van der Waals surface area contributed by atoms with Crippen molar-refractivity contribution in [2.45, 2.75) is 90.1 Å². The van der Waals surface area contributed by atoms with Crippen molar-refractivity contribution in [2.24, 2.45) is 11.7 Å². The summed E-state index contributed by atoms with van der Waals surface area (Å²) in [6.07, 6.45) is 1.18. The number of rotatable bonds is 14. The van der Waals surface area contributed by atoms with E-state index in [2.05, 4.69) is 16.0 Å². The number of nitrogens with two attached hydrogens (primary N) is 1. The first-order valence-corrected chi connectivity index (χ1v) is 14.8. The molecule has 0 aromatic heterocycles. The van der Waals surface area contributed by atoms with Gasteiger partial charge in [-0.2, -0.15) is 0 Å². The van der Waals surface area contributed by atoms with E-state index in [0.717, 1.165) is 4.90 Å². The van der Waals surface area contributed by atoms with Crippen molar-refractivity contribution in [1.82, 2.24) is 25.8 Å². The number of carbonyl (C=O) groups excluding carboxylic acids is 7. The van der Waals surface area contributed by atoms with Crippen molar-refractivity contribution < 1.29 is 43.8 Å². The van der Waals surface area contributed by atoms with Crippen LogP contribution < -0.4 is 21.7 Å². The van der Waals surface area contributed by atoms with Gasteiger partial charge in [-0.1, -0.05) is 26.0 Å². The Morgan fingerprint density at radius 3 is 2.04 bits per heavy atom. The molecule has 0 unspecified atom stereocenters. The molecule has 0 radical (unpaired) electrons. The number of aromatic hydroxyl groups is 1. The number of nitrogens with one attached hydrogen (secondary N) is 3. The molecule has 0 bridgehead atoms. The van der Waals surface area contributed by atoms with Crippen LogP contribution in [0.2, 0.25) is 0 Å². The van der Waals surface area contributed by atoms with Gasteiger partial charge in [0.05, 0.1) is 12.6 Å². The Morgan fingerprint density at radius 2 is 1.53 bits per heavy atom. The molecule has 1 saturated heterocycles. The molecule has 45 heavy (non-hydrogen) atoms. The summed E-state index contributed by atoms with van der Waals surface area (Å²) in [6, 6.07) is -0.811. The van der Waals surface area contributed by atoms with E-state index in [9.17, 15) is 38.7 Å². The molecule has 15 heteroatoms. The molecular formula is C30H44N6O9. The number of aliphatic hydroxyl groups excluding tert-OH is 1. The molecule has 6 amide bonds. The molecule has 248 valence electrons. The quantitative estimate of drug-likeness (QED) is 0.128. The van der Waals surface area contributed by atoms with Gasteiger partial charge in [0.2, 0.25) is 29.5 Å². The molecule has 15 nitrogen and oxygen atoms in total. The zero-order chi connectivity index (χ0) is 34.0. The minimum Gasteiger partial charge on any atom is -0.508 e. The molecule has 1 heterocycles. The SMILES string of the molecule is CC(=O)N(C(=O)[C@@H]1CCCN1C(=O)[C@H](Cc1ccc(O)cc1)NC(=O)[C@H](C)NC(=O)[C@H](C)NC(=O)[C@@H](N)CO)[C@H](C=O)C(C)C. The van der Waals surface area contributed by atoms with Gasteiger partial charge in [-0.3, -0.25) is 33.7 Å². The molecule has 7 N–H and O–H groups in total. The Labute approximate surface area is 261 Å². The number of nitrogens with zero attached hydrogens (tertiary/aromatic N) is 2. The molecule has 1 fully saturated rings. The summed E-state index contributed by atoms with van der Waals surface area (Å²) >= 11 is 0. The van der Waals surface area contributed by atoms with Crippen molar-refractivity contribution >= 4 is 41.7 Å². The fourth-order valence-corrected chi connectivity index (χ4v) is 4.91. The van der Waals surface area contributed by atoms with Crippen LogP contribution in [0.4, 0.5) is 0 Å². The van der Waals surface area contributed by atoms with E-state index in [4.69, 9.17) is 10.8 Å². The van der Waals surface area contributed by atoms with Crippen molar-refractivity contribution in [3.8, 4) is 5.75 Å². The lowest BCUT2D eigenvalue weighted by atomic mass is 10.0. The van der Waals surface area contributed by atoms with Gasteiger partial charge in [0.15, 0.2) is 0 Å². The Hall–Kier alpha value is -4.37. The number of carbonyl (C=O) groups is 7. The first-order valence-electron chi connectivity index (χ1n) is 14.8. The average Bonchev–Trinajstić information content (AvgIpc) is 3.48. The standard InChI is InChI=1S/C30H44N6O9/c1-16(2)25(15-38)36(19(5)39)30(45)24-7-6-12-35(24)29(44)23(13-20-8-10-21(40)11-9-20)34-27(42)18(4)32-26(41)17(3)33-28(43)22(31)14-37/h8-11,15-18,22-25,37,40H,6-7,12-14,31H2,1-5H3,(H,32,41)(H,33,43)(H,34,42)/t17-,18-,22-,23-,24-,25+/m0/s1. The smallest absolute Gasteiger partial charge is 0.252 e. The molecule has 1 aromatic rings. The molecule has 1 aliphatic rings. The number of imide groups is 1. The molecule has 0 spiro atoms. The minimum atomic E-state index is -1.23. The third-order valence-electron chi connectivity index (χ3n) is 7.55. The normalized spacial score (nSPS) is 17.8. The first kappa shape index (κ1) is 36.8. The highest BCUT2D eigenvalue weighted by atomic mass is 16.3. The predicted octanol–water partition coefficient (Wildman–Crippen LogP) is -1.66. The maximum atomic E-state index is 14.0. The minimum absolute atomic E-state index is 0.00688. The molecule has 6 atom stereocenters. The lowest BCUT2D eigenvalue weighted by molar-refractivity contribution is -0.155. The maximum absolute atomic E-state index is 14.0. The van der Waals surface area contributed by atoms with Crippen LogP contribution in [0.15, 0.2) is 24.3 Å². The Morgan fingerprint density at radius 1 is 0.978 bits per heavy atom. The number of amides is 6. The summed E-state index contributed by atoms with van der Waals surface area (Å²) in [4.78, 5) is 91.8. The number of phenolic OH excluding ortho intramolecular Hbond substituents is 1. The second-order valence-electron chi connectivity index (χ2n) is 11.5. The number of phenols is 1. The van der Waals surface area contributed by atoms with Crippen LogP contribution in [0, 0.1) is 5.92 Å². The third kappa shape index (κ3) is 9.81. The van der Waals surface area contributed by atoms with Gasteiger partial charge < -0.3 is 41.6 Å². The number of hydrogen-bond donors (Lipinski definition) is 6. The number of likely N-dealkylation sites (tertiary alicyclic amines) is 1. The number of hydrogen-bond acceptors (Lipinski definition) is 10. The van der Waals surface area contributed by atoms with Gasteiger partial charge in [0.1, 0.15) is 42.2 Å².